The van der Waals surface area contributed by atoms with Gasteiger partial charge in [-0.05, 0) is 23.8 Å². The van der Waals surface area contributed by atoms with Crippen LogP contribution in [0.4, 0.5) is 4.39 Å². The zero-order valence-electron chi connectivity index (χ0n) is 13.5. The molecule has 128 valence electrons. The van der Waals surface area contributed by atoms with Crippen molar-refractivity contribution in [1.29, 1.82) is 0 Å². The van der Waals surface area contributed by atoms with E-state index >= 15 is 0 Å². The number of likely N-dealkylation sites (N-methyl/N-ethyl adjacent to an activating group) is 1. The molecule has 0 heterocycles. The van der Waals surface area contributed by atoms with Crippen LogP contribution in [-0.4, -0.2) is 24.7 Å². The molecule has 0 saturated carbocycles. The summed E-state index contributed by atoms with van der Waals surface area (Å²) in [5, 5.41) is 14.8. The van der Waals surface area contributed by atoms with Crippen molar-refractivity contribution in [2.45, 2.75) is 19.7 Å². The van der Waals surface area contributed by atoms with Gasteiger partial charge in [-0.2, -0.15) is 0 Å². The first-order chi connectivity index (χ1) is 11.6. The van der Waals surface area contributed by atoms with Crippen LogP contribution in [0.5, 0.6) is 5.75 Å². The van der Waals surface area contributed by atoms with Gasteiger partial charge in [0.25, 0.3) is 5.91 Å². The lowest BCUT2D eigenvalue weighted by Crippen LogP contribution is -2.25. The van der Waals surface area contributed by atoms with E-state index in [1.807, 2.05) is 24.3 Å². The van der Waals surface area contributed by atoms with Gasteiger partial charge in [-0.1, -0.05) is 24.3 Å². The zero-order chi connectivity index (χ0) is 17.4. The SMILES string of the molecule is CNC(=O)COc1ccccc1CNCc1ccc(F)c(CO)c1. The van der Waals surface area contributed by atoms with Gasteiger partial charge in [0, 0.05) is 31.3 Å². The molecule has 2 rings (SSSR count). The van der Waals surface area contributed by atoms with Crippen molar-refractivity contribution < 1.29 is 19.0 Å². The number of rotatable bonds is 8. The second-order valence-corrected chi connectivity index (χ2v) is 5.26. The maximum atomic E-state index is 13.4. The van der Waals surface area contributed by atoms with Crippen LogP contribution in [-0.2, 0) is 24.5 Å². The molecule has 0 fully saturated rings. The predicted molar refractivity (Wildman–Crippen MR) is 88.9 cm³/mol. The van der Waals surface area contributed by atoms with Crippen LogP contribution in [0.25, 0.3) is 0 Å². The van der Waals surface area contributed by atoms with E-state index in [4.69, 9.17) is 9.84 Å². The van der Waals surface area contributed by atoms with Crippen LogP contribution in [0.1, 0.15) is 16.7 Å². The third-order valence-corrected chi connectivity index (χ3v) is 3.54. The van der Waals surface area contributed by atoms with Crippen molar-refractivity contribution in [1.82, 2.24) is 10.6 Å². The van der Waals surface area contributed by atoms with E-state index in [2.05, 4.69) is 10.6 Å². The highest BCUT2D eigenvalue weighted by molar-refractivity contribution is 5.77. The number of carbonyl (C=O) groups is 1. The number of ether oxygens (including phenoxy) is 1. The maximum Gasteiger partial charge on any atom is 0.257 e. The standard InChI is InChI=1S/C18H21FN2O3/c1-20-18(23)12-24-17-5-3-2-4-14(17)10-21-9-13-6-7-16(19)15(8-13)11-22/h2-8,21-22H,9-12H2,1H3,(H,20,23). The summed E-state index contributed by atoms with van der Waals surface area (Å²) in [6.07, 6.45) is 0. The monoisotopic (exact) mass is 332 g/mol. The number of benzene rings is 2. The molecule has 0 aliphatic rings. The molecule has 0 bridgehead atoms. The second kappa shape index (κ2) is 9.00. The minimum atomic E-state index is -0.408. The van der Waals surface area contributed by atoms with E-state index in [1.165, 1.54) is 6.07 Å². The van der Waals surface area contributed by atoms with Gasteiger partial charge in [0.2, 0.25) is 0 Å². The molecular weight excluding hydrogens is 311 g/mol. The highest BCUT2D eigenvalue weighted by Gasteiger charge is 2.06. The topological polar surface area (TPSA) is 70.6 Å². The van der Waals surface area contributed by atoms with E-state index in [-0.39, 0.29) is 24.7 Å². The van der Waals surface area contributed by atoms with Crippen molar-refractivity contribution in [3.05, 3.63) is 65.0 Å². The highest BCUT2D eigenvalue weighted by Crippen LogP contribution is 2.18. The van der Waals surface area contributed by atoms with Crippen LogP contribution in [0.2, 0.25) is 0 Å². The van der Waals surface area contributed by atoms with E-state index in [1.54, 1.807) is 19.2 Å². The third kappa shape index (κ3) is 5.04. The molecule has 1 amide bonds. The van der Waals surface area contributed by atoms with Crippen LogP contribution in [0, 0.1) is 5.82 Å². The molecule has 0 aromatic heterocycles. The average molecular weight is 332 g/mol. The van der Waals surface area contributed by atoms with Crippen molar-refractivity contribution in [3.63, 3.8) is 0 Å². The van der Waals surface area contributed by atoms with Crippen LogP contribution >= 0.6 is 0 Å². The number of para-hydroxylation sites is 1. The predicted octanol–water partition coefficient (Wildman–Crippen LogP) is 1.73. The van der Waals surface area contributed by atoms with Gasteiger partial charge in [0.1, 0.15) is 11.6 Å². The molecule has 0 saturated heterocycles. The largest absolute Gasteiger partial charge is 0.483 e. The number of halogens is 1. The van der Waals surface area contributed by atoms with E-state index < -0.39 is 5.82 Å². The minimum Gasteiger partial charge on any atom is -0.483 e. The summed E-state index contributed by atoms with van der Waals surface area (Å²) < 4.78 is 18.9. The first-order valence-electron chi connectivity index (χ1n) is 7.64. The van der Waals surface area contributed by atoms with Gasteiger partial charge >= 0.3 is 0 Å². The van der Waals surface area contributed by atoms with Crippen molar-refractivity contribution in [2.24, 2.45) is 0 Å². The summed E-state index contributed by atoms with van der Waals surface area (Å²) in [7, 11) is 1.56. The number of hydrogen-bond donors (Lipinski definition) is 3. The molecule has 0 aliphatic heterocycles. The first kappa shape index (κ1) is 17.9. The van der Waals surface area contributed by atoms with Crippen molar-refractivity contribution in [2.75, 3.05) is 13.7 Å². The number of aliphatic hydroxyl groups excluding tert-OH is 1. The summed E-state index contributed by atoms with van der Waals surface area (Å²) in [5.74, 6) is 0.0403. The fourth-order valence-electron chi connectivity index (χ4n) is 2.21. The Morgan fingerprint density at radius 2 is 1.96 bits per heavy atom. The van der Waals surface area contributed by atoms with E-state index in [9.17, 15) is 9.18 Å². The third-order valence-electron chi connectivity index (χ3n) is 3.54. The Bertz CT molecular complexity index is 692. The zero-order valence-corrected chi connectivity index (χ0v) is 13.5. The Labute approximate surface area is 140 Å². The van der Waals surface area contributed by atoms with Gasteiger partial charge in [-0.15, -0.1) is 0 Å². The Morgan fingerprint density at radius 3 is 2.71 bits per heavy atom. The Balaban J connectivity index is 1.93. The maximum absolute atomic E-state index is 13.4. The van der Waals surface area contributed by atoms with Crippen molar-refractivity contribution in [3.8, 4) is 5.75 Å². The number of nitrogens with one attached hydrogen (secondary N) is 2. The van der Waals surface area contributed by atoms with Crippen LogP contribution < -0.4 is 15.4 Å². The Morgan fingerprint density at radius 1 is 1.17 bits per heavy atom. The Kier molecular flexibility index (Phi) is 6.72. The number of aliphatic hydroxyl groups is 1. The fourth-order valence-corrected chi connectivity index (χ4v) is 2.21. The smallest absolute Gasteiger partial charge is 0.257 e. The number of hydrogen-bond acceptors (Lipinski definition) is 4. The van der Waals surface area contributed by atoms with Crippen LogP contribution in [0.3, 0.4) is 0 Å². The molecule has 0 spiro atoms. The fraction of sp³-hybridized carbons (Fsp3) is 0.278. The number of amides is 1. The summed E-state index contributed by atoms with van der Waals surface area (Å²) in [5.41, 5.74) is 2.08. The minimum absolute atomic E-state index is 0.0364. The van der Waals surface area contributed by atoms with Gasteiger partial charge < -0.3 is 20.5 Å². The molecule has 0 atom stereocenters. The van der Waals surface area contributed by atoms with Gasteiger partial charge in [0.15, 0.2) is 6.61 Å². The molecule has 5 nitrogen and oxygen atoms in total. The molecule has 0 radical (unpaired) electrons. The lowest BCUT2D eigenvalue weighted by atomic mass is 10.1. The summed E-state index contributed by atoms with van der Waals surface area (Å²) in [6, 6.07) is 12.1. The normalized spacial score (nSPS) is 10.5. The van der Waals surface area contributed by atoms with Crippen molar-refractivity contribution >= 4 is 5.91 Å². The molecule has 2 aromatic carbocycles. The lowest BCUT2D eigenvalue weighted by molar-refractivity contribution is -0.122. The molecule has 3 N–H and O–H groups in total. The highest BCUT2D eigenvalue weighted by atomic mass is 19.1. The summed E-state index contributed by atoms with van der Waals surface area (Å²) >= 11 is 0. The van der Waals surface area contributed by atoms with Gasteiger partial charge in [-0.3, -0.25) is 4.79 Å². The average Bonchev–Trinajstić information content (AvgIpc) is 2.61. The lowest BCUT2D eigenvalue weighted by Gasteiger charge is -2.12. The molecule has 2 aromatic rings. The quantitative estimate of drug-likeness (QED) is 0.689. The molecule has 6 heteroatoms. The number of carbonyl (C=O) groups excluding carboxylic acids is 1. The summed E-state index contributed by atoms with van der Waals surface area (Å²) in [6.45, 7) is 0.702. The molecule has 24 heavy (non-hydrogen) atoms. The molecular formula is C18H21FN2O3. The first-order valence-corrected chi connectivity index (χ1v) is 7.64. The Hall–Kier alpha value is -2.44. The molecule has 0 unspecified atom stereocenters. The molecule has 0 aliphatic carbocycles. The second-order valence-electron chi connectivity index (χ2n) is 5.26. The van der Waals surface area contributed by atoms with Gasteiger partial charge in [0.05, 0.1) is 6.61 Å². The van der Waals surface area contributed by atoms with Gasteiger partial charge in [-0.25, -0.2) is 4.39 Å². The van der Waals surface area contributed by atoms with E-state index in [0.29, 0.717) is 18.8 Å². The van der Waals surface area contributed by atoms with E-state index in [0.717, 1.165) is 11.1 Å². The summed E-state index contributed by atoms with van der Waals surface area (Å²) in [4.78, 5) is 11.3. The van der Waals surface area contributed by atoms with Crippen LogP contribution in [0.15, 0.2) is 42.5 Å².